The Kier molecular flexibility index (Phi) is 2.98. The molecule has 0 saturated carbocycles. The van der Waals surface area contributed by atoms with E-state index in [0.29, 0.717) is 38.3 Å². The van der Waals surface area contributed by atoms with Crippen molar-refractivity contribution in [2.75, 3.05) is 38.3 Å². The van der Waals surface area contributed by atoms with E-state index in [-0.39, 0.29) is 11.8 Å². The fraction of sp³-hybridized carbons (Fsp3) is 0.429. The summed E-state index contributed by atoms with van der Waals surface area (Å²) < 4.78 is 5.24. The molecule has 2 amide bonds. The Morgan fingerprint density at radius 3 is 2.74 bits per heavy atom. The van der Waals surface area contributed by atoms with E-state index in [0.717, 1.165) is 11.3 Å². The molecule has 1 aromatic carbocycles. The number of carbonyl (C=O) groups is 2. The zero-order chi connectivity index (χ0) is 13.4. The first-order valence-corrected chi connectivity index (χ1v) is 6.43. The molecule has 1 aromatic rings. The van der Waals surface area contributed by atoms with Gasteiger partial charge in [-0.05, 0) is 23.8 Å². The Labute approximate surface area is 111 Å². The summed E-state index contributed by atoms with van der Waals surface area (Å²) in [5.74, 6) is 0.0964. The van der Waals surface area contributed by atoms with Crippen molar-refractivity contribution >= 4 is 17.5 Å². The van der Waals surface area contributed by atoms with Crippen LogP contribution in [0.4, 0.5) is 5.69 Å². The molecule has 0 radical (unpaired) electrons. The molecule has 5 nitrogen and oxygen atoms in total. The van der Waals surface area contributed by atoms with Crippen LogP contribution in [-0.4, -0.2) is 50.1 Å². The van der Waals surface area contributed by atoms with Crippen molar-refractivity contribution in [3.05, 3.63) is 29.3 Å². The molecule has 1 saturated heterocycles. The van der Waals surface area contributed by atoms with E-state index >= 15 is 0 Å². The topological polar surface area (TPSA) is 49.9 Å². The molecular formula is C14H16N2O3. The summed E-state index contributed by atoms with van der Waals surface area (Å²) in [6, 6.07) is 5.49. The van der Waals surface area contributed by atoms with Crippen LogP contribution in [0.25, 0.3) is 0 Å². The van der Waals surface area contributed by atoms with Gasteiger partial charge in [-0.25, -0.2) is 0 Å². The number of morpholine rings is 1. The van der Waals surface area contributed by atoms with Gasteiger partial charge in [0.25, 0.3) is 5.91 Å². The van der Waals surface area contributed by atoms with Gasteiger partial charge in [0.15, 0.2) is 0 Å². The van der Waals surface area contributed by atoms with Crippen LogP contribution in [0.3, 0.4) is 0 Å². The number of amides is 2. The highest BCUT2D eigenvalue weighted by molar-refractivity contribution is 6.03. The lowest BCUT2D eigenvalue weighted by Crippen LogP contribution is -2.40. The standard InChI is InChI=1S/C14H16N2O3/c1-15-12-3-2-10(8-11(12)9-13(15)17)14(18)16-4-6-19-7-5-16/h2-3,8H,4-7,9H2,1H3. The molecule has 0 bridgehead atoms. The largest absolute Gasteiger partial charge is 0.378 e. The molecule has 2 aliphatic heterocycles. The zero-order valence-electron chi connectivity index (χ0n) is 10.9. The number of benzene rings is 1. The van der Waals surface area contributed by atoms with Crippen molar-refractivity contribution in [1.29, 1.82) is 0 Å². The van der Waals surface area contributed by atoms with E-state index in [4.69, 9.17) is 4.74 Å². The predicted molar refractivity (Wildman–Crippen MR) is 70.3 cm³/mol. The molecule has 19 heavy (non-hydrogen) atoms. The minimum atomic E-state index is 0.0214. The van der Waals surface area contributed by atoms with E-state index in [9.17, 15) is 9.59 Å². The summed E-state index contributed by atoms with van der Waals surface area (Å²) >= 11 is 0. The first-order valence-electron chi connectivity index (χ1n) is 6.43. The maximum atomic E-state index is 12.3. The summed E-state index contributed by atoms with van der Waals surface area (Å²) in [7, 11) is 1.76. The van der Waals surface area contributed by atoms with Gasteiger partial charge >= 0.3 is 0 Å². The Morgan fingerprint density at radius 1 is 1.26 bits per heavy atom. The molecular weight excluding hydrogens is 244 g/mol. The third-order valence-corrected chi connectivity index (χ3v) is 3.70. The highest BCUT2D eigenvalue weighted by Gasteiger charge is 2.26. The summed E-state index contributed by atoms with van der Waals surface area (Å²) in [5, 5.41) is 0. The molecule has 1 fully saturated rings. The third-order valence-electron chi connectivity index (χ3n) is 3.70. The van der Waals surface area contributed by atoms with Crippen molar-refractivity contribution in [3.8, 4) is 0 Å². The lowest BCUT2D eigenvalue weighted by molar-refractivity contribution is -0.117. The van der Waals surface area contributed by atoms with Gasteiger partial charge in [0.2, 0.25) is 5.91 Å². The second kappa shape index (κ2) is 4.66. The predicted octanol–water partition coefficient (Wildman–Crippen LogP) is 0.678. The number of carbonyl (C=O) groups excluding carboxylic acids is 2. The number of hydrogen-bond acceptors (Lipinski definition) is 3. The number of nitrogens with zero attached hydrogens (tertiary/aromatic N) is 2. The first-order chi connectivity index (χ1) is 9.16. The van der Waals surface area contributed by atoms with Gasteiger partial charge in [0.05, 0.1) is 19.6 Å². The number of hydrogen-bond donors (Lipinski definition) is 0. The van der Waals surface area contributed by atoms with Gasteiger partial charge in [-0.2, -0.15) is 0 Å². The average molecular weight is 260 g/mol. The van der Waals surface area contributed by atoms with Gasteiger partial charge in [-0.1, -0.05) is 0 Å². The minimum absolute atomic E-state index is 0.0214. The fourth-order valence-electron chi connectivity index (χ4n) is 2.55. The van der Waals surface area contributed by atoms with E-state index in [2.05, 4.69) is 0 Å². The summed E-state index contributed by atoms with van der Waals surface area (Å²) in [5.41, 5.74) is 2.50. The number of ether oxygens (including phenoxy) is 1. The van der Waals surface area contributed by atoms with Crippen LogP contribution in [0.1, 0.15) is 15.9 Å². The second-order valence-corrected chi connectivity index (χ2v) is 4.88. The molecule has 0 aliphatic carbocycles. The van der Waals surface area contributed by atoms with Crippen LogP contribution in [0.5, 0.6) is 0 Å². The van der Waals surface area contributed by atoms with Gasteiger partial charge < -0.3 is 14.5 Å². The molecule has 0 unspecified atom stereocenters. The van der Waals surface area contributed by atoms with E-state index in [1.165, 1.54) is 0 Å². The van der Waals surface area contributed by atoms with Crippen molar-refractivity contribution in [1.82, 2.24) is 4.90 Å². The zero-order valence-corrected chi connectivity index (χ0v) is 10.9. The number of fused-ring (bicyclic) bond motifs is 1. The van der Waals surface area contributed by atoms with Crippen molar-refractivity contribution in [2.45, 2.75) is 6.42 Å². The molecule has 0 aromatic heterocycles. The molecule has 0 N–H and O–H groups in total. The quantitative estimate of drug-likeness (QED) is 0.746. The Morgan fingerprint density at radius 2 is 2.00 bits per heavy atom. The third kappa shape index (κ3) is 2.10. The van der Waals surface area contributed by atoms with E-state index in [1.807, 2.05) is 12.1 Å². The smallest absolute Gasteiger partial charge is 0.254 e. The SMILES string of the molecule is CN1C(=O)Cc2cc(C(=O)N3CCOCC3)ccc21. The van der Waals surface area contributed by atoms with Crippen LogP contribution in [0.15, 0.2) is 18.2 Å². The average Bonchev–Trinajstić information content (AvgIpc) is 2.74. The van der Waals surface area contributed by atoms with Crippen molar-refractivity contribution in [3.63, 3.8) is 0 Å². The Balaban J connectivity index is 1.85. The summed E-state index contributed by atoms with van der Waals surface area (Å²) in [6.07, 6.45) is 0.385. The van der Waals surface area contributed by atoms with Crippen LogP contribution in [0, 0.1) is 0 Å². The normalized spacial score (nSPS) is 18.7. The van der Waals surface area contributed by atoms with E-state index in [1.54, 1.807) is 22.9 Å². The number of rotatable bonds is 1. The lowest BCUT2D eigenvalue weighted by Gasteiger charge is -2.27. The maximum absolute atomic E-state index is 12.3. The summed E-state index contributed by atoms with van der Waals surface area (Å²) in [4.78, 5) is 27.4. The Hall–Kier alpha value is -1.88. The molecule has 0 atom stereocenters. The molecule has 0 spiro atoms. The summed E-state index contributed by atoms with van der Waals surface area (Å²) in [6.45, 7) is 2.46. The first kappa shape index (κ1) is 12.2. The minimum Gasteiger partial charge on any atom is -0.378 e. The fourth-order valence-corrected chi connectivity index (χ4v) is 2.55. The van der Waals surface area contributed by atoms with Crippen LogP contribution in [-0.2, 0) is 16.0 Å². The van der Waals surface area contributed by atoms with Gasteiger partial charge in [-0.3, -0.25) is 9.59 Å². The highest BCUT2D eigenvalue weighted by Crippen LogP contribution is 2.28. The van der Waals surface area contributed by atoms with Crippen molar-refractivity contribution in [2.24, 2.45) is 0 Å². The Bertz CT molecular complexity index is 535. The molecule has 2 aliphatic rings. The van der Waals surface area contributed by atoms with E-state index < -0.39 is 0 Å². The van der Waals surface area contributed by atoms with Gasteiger partial charge in [-0.15, -0.1) is 0 Å². The number of likely N-dealkylation sites (N-methyl/N-ethyl adjacent to an activating group) is 1. The monoisotopic (exact) mass is 260 g/mol. The lowest BCUT2D eigenvalue weighted by atomic mass is 10.1. The number of anilines is 1. The maximum Gasteiger partial charge on any atom is 0.254 e. The van der Waals surface area contributed by atoms with Gasteiger partial charge in [0.1, 0.15) is 0 Å². The van der Waals surface area contributed by atoms with Gasteiger partial charge in [0, 0.05) is 31.4 Å². The molecule has 100 valence electrons. The van der Waals surface area contributed by atoms with Crippen LogP contribution < -0.4 is 4.90 Å². The molecule has 5 heteroatoms. The molecule has 3 rings (SSSR count). The second-order valence-electron chi connectivity index (χ2n) is 4.88. The van der Waals surface area contributed by atoms with Crippen LogP contribution >= 0.6 is 0 Å². The highest BCUT2D eigenvalue weighted by atomic mass is 16.5. The van der Waals surface area contributed by atoms with Crippen LogP contribution in [0.2, 0.25) is 0 Å². The molecule has 2 heterocycles. The van der Waals surface area contributed by atoms with Crippen molar-refractivity contribution < 1.29 is 14.3 Å².